The molecule has 1 aliphatic rings. The highest BCUT2D eigenvalue weighted by Crippen LogP contribution is 2.15. The van der Waals surface area contributed by atoms with Gasteiger partial charge in [-0.1, -0.05) is 30.3 Å². The average Bonchev–Trinajstić information content (AvgIpc) is 2.72. The van der Waals surface area contributed by atoms with Crippen LogP contribution < -0.4 is 0 Å². The Hall–Kier alpha value is -1.04. The van der Waals surface area contributed by atoms with Gasteiger partial charge < -0.3 is 10.0 Å². The van der Waals surface area contributed by atoms with Gasteiger partial charge in [0.1, 0.15) is 0 Å². The lowest BCUT2D eigenvalue weighted by molar-refractivity contribution is -0.133. The fourth-order valence-corrected chi connectivity index (χ4v) is 3.38. The molecule has 122 valence electrons. The molecule has 0 aromatic heterocycles. The van der Waals surface area contributed by atoms with Gasteiger partial charge in [0.2, 0.25) is 5.91 Å². The van der Waals surface area contributed by atoms with Crippen molar-refractivity contribution in [1.29, 1.82) is 0 Å². The predicted molar refractivity (Wildman–Crippen MR) is 91.9 cm³/mol. The Morgan fingerprint density at radius 1 is 1.23 bits per heavy atom. The highest BCUT2D eigenvalue weighted by molar-refractivity contribution is 7.98. The SMILES string of the molecule is CSCC[C@@H](CO)N1CCN(Cc2ccccc2)CCC1=O. The largest absolute Gasteiger partial charge is 0.394 e. The van der Waals surface area contributed by atoms with Crippen molar-refractivity contribution in [2.75, 3.05) is 38.2 Å². The number of rotatable bonds is 7. The van der Waals surface area contributed by atoms with Gasteiger partial charge in [-0.3, -0.25) is 9.69 Å². The first-order valence-electron chi connectivity index (χ1n) is 7.90. The van der Waals surface area contributed by atoms with Gasteiger partial charge in [-0.2, -0.15) is 11.8 Å². The normalized spacial score (nSPS) is 18.3. The maximum Gasteiger partial charge on any atom is 0.224 e. The Balaban J connectivity index is 1.93. The van der Waals surface area contributed by atoms with E-state index in [1.165, 1.54) is 5.56 Å². The van der Waals surface area contributed by atoms with Gasteiger partial charge in [0.25, 0.3) is 0 Å². The van der Waals surface area contributed by atoms with Crippen molar-refractivity contribution in [2.24, 2.45) is 0 Å². The third kappa shape index (κ3) is 5.00. The fraction of sp³-hybridized carbons (Fsp3) is 0.588. The van der Waals surface area contributed by atoms with Crippen LogP contribution in [0.5, 0.6) is 0 Å². The summed E-state index contributed by atoms with van der Waals surface area (Å²) < 4.78 is 0. The summed E-state index contributed by atoms with van der Waals surface area (Å²) in [6.07, 6.45) is 3.46. The summed E-state index contributed by atoms with van der Waals surface area (Å²) in [4.78, 5) is 16.6. The van der Waals surface area contributed by atoms with Crippen LogP contribution in [0.2, 0.25) is 0 Å². The molecule has 0 aliphatic carbocycles. The predicted octanol–water partition coefficient (Wildman–Crippen LogP) is 1.83. The van der Waals surface area contributed by atoms with Crippen LogP contribution in [0.4, 0.5) is 0 Å². The minimum Gasteiger partial charge on any atom is -0.394 e. The number of thioether (sulfide) groups is 1. The van der Waals surface area contributed by atoms with Crippen molar-refractivity contribution in [3.8, 4) is 0 Å². The van der Waals surface area contributed by atoms with Crippen molar-refractivity contribution in [1.82, 2.24) is 9.80 Å². The van der Waals surface area contributed by atoms with Crippen LogP contribution in [-0.2, 0) is 11.3 Å². The maximum absolute atomic E-state index is 12.4. The topological polar surface area (TPSA) is 43.8 Å². The molecule has 0 radical (unpaired) electrons. The summed E-state index contributed by atoms with van der Waals surface area (Å²) in [5.41, 5.74) is 1.28. The molecule has 22 heavy (non-hydrogen) atoms. The molecule has 0 bridgehead atoms. The number of hydrogen-bond acceptors (Lipinski definition) is 4. The quantitative estimate of drug-likeness (QED) is 0.832. The standard InChI is InChI=1S/C17H26N2O2S/c1-22-12-8-16(14-20)19-11-10-18(9-7-17(19)21)13-15-5-3-2-4-6-15/h2-6,16,20H,7-14H2,1H3/t16-/m0/s1. The van der Waals surface area contributed by atoms with E-state index in [-0.39, 0.29) is 18.6 Å². The molecule has 1 heterocycles. The molecule has 4 nitrogen and oxygen atoms in total. The second-order valence-corrected chi connectivity index (χ2v) is 6.70. The minimum absolute atomic E-state index is 0.0309. The first-order valence-corrected chi connectivity index (χ1v) is 9.29. The van der Waals surface area contributed by atoms with Crippen LogP contribution in [0.1, 0.15) is 18.4 Å². The number of nitrogens with zero attached hydrogens (tertiary/aromatic N) is 2. The van der Waals surface area contributed by atoms with Crippen LogP contribution in [0.15, 0.2) is 30.3 Å². The molecule has 1 fully saturated rings. The molecule has 1 aromatic carbocycles. The Bertz CT molecular complexity index is 455. The first kappa shape index (κ1) is 17.3. The second kappa shape index (κ2) is 9.18. The molecule has 0 spiro atoms. The Morgan fingerprint density at radius 2 is 2.00 bits per heavy atom. The summed E-state index contributed by atoms with van der Waals surface area (Å²) in [5, 5.41) is 9.60. The van der Waals surface area contributed by atoms with E-state index >= 15 is 0 Å². The average molecular weight is 322 g/mol. The van der Waals surface area contributed by atoms with Gasteiger partial charge >= 0.3 is 0 Å². The number of carbonyl (C=O) groups excluding carboxylic acids is 1. The summed E-state index contributed by atoms with van der Waals surface area (Å²) in [6, 6.07) is 10.3. The first-order chi connectivity index (χ1) is 10.7. The van der Waals surface area contributed by atoms with Gasteiger partial charge in [-0.25, -0.2) is 0 Å². The molecular formula is C17H26N2O2S. The number of hydrogen-bond donors (Lipinski definition) is 1. The molecule has 1 amide bonds. The van der Waals surface area contributed by atoms with E-state index in [1.54, 1.807) is 11.8 Å². The Morgan fingerprint density at radius 3 is 2.68 bits per heavy atom. The molecule has 1 aliphatic heterocycles. The highest BCUT2D eigenvalue weighted by Gasteiger charge is 2.26. The zero-order valence-corrected chi connectivity index (χ0v) is 14.1. The van der Waals surface area contributed by atoms with Gasteiger partial charge in [-0.15, -0.1) is 0 Å². The summed E-state index contributed by atoms with van der Waals surface area (Å²) in [5.74, 6) is 1.15. The fourth-order valence-electron chi connectivity index (χ4n) is 2.87. The Labute approximate surface area is 137 Å². The molecule has 1 saturated heterocycles. The van der Waals surface area contributed by atoms with E-state index in [9.17, 15) is 9.90 Å². The summed E-state index contributed by atoms with van der Waals surface area (Å²) in [6.45, 7) is 3.33. The second-order valence-electron chi connectivity index (χ2n) is 5.72. The number of aliphatic hydroxyl groups excluding tert-OH is 1. The number of aliphatic hydroxyl groups is 1. The lowest BCUT2D eigenvalue weighted by Gasteiger charge is -2.29. The molecule has 1 atom stereocenters. The van der Waals surface area contributed by atoms with Crippen LogP contribution >= 0.6 is 11.8 Å². The molecule has 1 N–H and O–H groups in total. The number of amides is 1. The third-order valence-electron chi connectivity index (χ3n) is 4.18. The van der Waals surface area contributed by atoms with Crippen LogP contribution in [-0.4, -0.2) is 65.1 Å². The zero-order chi connectivity index (χ0) is 15.8. The minimum atomic E-state index is -0.0309. The van der Waals surface area contributed by atoms with Crippen molar-refractivity contribution < 1.29 is 9.90 Å². The smallest absolute Gasteiger partial charge is 0.224 e. The highest BCUT2D eigenvalue weighted by atomic mass is 32.2. The Kier molecular flexibility index (Phi) is 7.22. The molecular weight excluding hydrogens is 296 g/mol. The van der Waals surface area contributed by atoms with Crippen molar-refractivity contribution in [3.05, 3.63) is 35.9 Å². The van der Waals surface area contributed by atoms with Gasteiger partial charge in [0.15, 0.2) is 0 Å². The van der Waals surface area contributed by atoms with Gasteiger partial charge in [0, 0.05) is 32.6 Å². The molecule has 0 unspecified atom stereocenters. The van der Waals surface area contributed by atoms with Crippen molar-refractivity contribution in [2.45, 2.75) is 25.4 Å². The van der Waals surface area contributed by atoms with E-state index in [0.29, 0.717) is 13.0 Å². The molecule has 2 rings (SSSR count). The molecule has 1 aromatic rings. The van der Waals surface area contributed by atoms with Crippen molar-refractivity contribution >= 4 is 17.7 Å². The lowest BCUT2D eigenvalue weighted by atomic mass is 10.2. The van der Waals surface area contributed by atoms with E-state index in [0.717, 1.165) is 31.8 Å². The van der Waals surface area contributed by atoms with E-state index < -0.39 is 0 Å². The van der Waals surface area contributed by atoms with E-state index in [4.69, 9.17) is 0 Å². The monoisotopic (exact) mass is 322 g/mol. The molecule has 5 heteroatoms. The van der Waals surface area contributed by atoms with Crippen LogP contribution in [0, 0.1) is 0 Å². The van der Waals surface area contributed by atoms with Crippen LogP contribution in [0.3, 0.4) is 0 Å². The number of carbonyl (C=O) groups is 1. The molecule has 0 saturated carbocycles. The third-order valence-corrected chi connectivity index (χ3v) is 4.82. The summed E-state index contributed by atoms with van der Waals surface area (Å²) >= 11 is 1.76. The zero-order valence-electron chi connectivity index (χ0n) is 13.3. The van der Waals surface area contributed by atoms with Gasteiger partial charge in [0.05, 0.1) is 12.6 Å². The summed E-state index contributed by atoms with van der Waals surface area (Å²) in [7, 11) is 0. The van der Waals surface area contributed by atoms with Gasteiger partial charge in [-0.05, 0) is 24.0 Å². The van der Waals surface area contributed by atoms with Crippen molar-refractivity contribution in [3.63, 3.8) is 0 Å². The van der Waals surface area contributed by atoms with Crippen LogP contribution in [0.25, 0.3) is 0 Å². The maximum atomic E-state index is 12.4. The van der Waals surface area contributed by atoms with E-state index in [1.807, 2.05) is 11.0 Å². The number of benzene rings is 1. The lowest BCUT2D eigenvalue weighted by Crippen LogP contribution is -2.43. The van der Waals surface area contributed by atoms with E-state index in [2.05, 4.69) is 35.4 Å².